The summed E-state index contributed by atoms with van der Waals surface area (Å²) < 4.78 is 0. The van der Waals surface area contributed by atoms with Gasteiger partial charge in [-0.3, -0.25) is 0 Å². The summed E-state index contributed by atoms with van der Waals surface area (Å²) in [7, 11) is 0. The van der Waals surface area contributed by atoms with Crippen molar-refractivity contribution in [3.8, 4) is 0 Å². The molecule has 0 aliphatic heterocycles. The maximum absolute atomic E-state index is 3.25. The standard InChI is InChI=1S/C4H10.2BrH.Zn/c1-3-4-2;;;/h3-4H2,1-2H3;2*1H;/q;;;+2/p-2. The molecule has 0 saturated heterocycles. The van der Waals surface area contributed by atoms with Crippen molar-refractivity contribution < 1.29 is 13.2 Å². The summed E-state index contributed by atoms with van der Waals surface area (Å²) in [6.07, 6.45) is 2.64. The van der Waals surface area contributed by atoms with Crippen LogP contribution in [0.3, 0.4) is 0 Å². The van der Waals surface area contributed by atoms with Gasteiger partial charge < -0.3 is 0 Å². The predicted octanol–water partition coefficient (Wildman–Crippen LogP) is 3.50. The molecule has 0 radical (unpaired) electrons. The topological polar surface area (TPSA) is 0 Å². The van der Waals surface area contributed by atoms with Crippen molar-refractivity contribution in [3.05, 3.63) is 0 Å². The molecule has 0 spiro atoms. The molecule has 3 heteroatoms. The van der Waals surface area contributed by atoms with E-state index in [-0.39, 0.29) is 13.2 Å². The molecule has 0 nitrogen and oxygen atoms in total. The van der Waals surface area contributed by atoms with Crippen LogP contribution in [-0.2, 0) is 13.2 Å². The molecule has 0 heterocycles. The van der Waals surface area contributed by atoms with Gasteiger partial charge in [-0.1, -0.05) is 26.7 Å². The Labute approximate surface area is 66.8 Å². The molecular weight excluding hydrogens is 273 g/mol. The summed E-state index contributed by atoms with van der Waals surface area (Å²) in [6, 6.07) is 0. The Morgan fingerprint density at radius 2 is 1.29 bits per heavy atom. The Hall–Kier alpha value is 1.58. The second-order valence-electron chi connectivity index (χ2n) is 1.10. The molecule has 0 bridgehead atoms. The molecule has 0 aliphatic carbocycles. The molecular formula is C4H10Br2Zn. The van der Waals surface area contributed by atoms with Crippen LogP contribution in [0.2, 0.25) is 0 Å². The first-order valence-corrected chi connectivity index (χ1v) is 16.3. The molecule has 0 aromatic heterocycles. The van der Waals surface area contributed by atoms with E-state index in [0.717, 1.165) is 0 Å². The average Bonchev–Trinajstić information content (AvgIpc) is 1.69. The maximum atomic E-state index is 3.25. The normalized spacial score (nSPS) is 5.71. The van der Waals surface area contributed by atoms with Gasteiger partial charge in [0, 0.05) is 0 Å². The third-order valence-corrected chi connectivity index (χ3v) is 0.500. The quantitative estimate of drug-likeness (QED) is 0.646. The Kier molecular flexibility index (Phi) is 25.5. The summed E-state index contributed by atoms with van der Waals surface area (Å²) in [5, 5.41) is 0. The first-order valence-electron chi connectivity index (χ1n) is 2.45. The van der Waals surface area contributed by atoms with Gasteiger partial charge in [-0.25, -0.2) is 0 Å². The number of halogens is 2. The Balaban J connectivity index is 0. The average molecular weight is 283 g/mol. The molecule has 7 heavy (non-hydrogen) atoms. The molecule has 42 valence electrons. The van der Waals surface area contributed by atoms with Gasteiger partial charge in [0.1, 0.15) is 0 Å². The van der Waals surface area contributed by atoms with Gasteiger partial charge in [0.15, 0.2) is 0 Å². The molecule has 0 saturated carbocycles. The van der Waals surface area contributed by atoms with Crippen LogP contribution in [-0.4, -0.2) is 0 Å². The van der Waals surface area contributed by atoms with Gasteiger partial charge in [-0.2, -0.15) is 0 Å². The summed E-state index contributed by atoms with van der Waals surface area (Å²) in [5.74, 6) is 0. The summed E-state index contributed by atoms with van der Waals surface area (Å²) in [5.41, 5.74) is 0. The molecule has 0 aromatic rings. The molecule has 0 amide bonds. The minimum absolute atomic E-state index is 0.250. The third-order valence-electron chi connectivity index (χ3n) is 0.500. The van der Waals surface area contributed by atoms with Gasteiger partial charge in [0.25, 0.3) is 0 Å². The summed E-state index contributed by atoms with van der Waals surface area (Å²) in [6.45, 7) is 4.36. The second-order valence-corrected chi connectivity index (χ2v) is 15.2. The van der Waals surface area contributed by atoms with E-state index < -0.39 is 0 Å². The number of unbranched alkanes of at least 4 members (excludes halogenated alkanes) is 1. The van der Waals surface area contributed by atoms with Crippen molar-refractivity contribution in [2.45, 2.75) is 26.7 Å². The molecule has 0 aliphatic rings. The zero-order valence-electron chi connectivity index (χ0n) is 4.88. The van der Waals surface area contributed by atoms with Crippen molar-refractivity contribution >= 4 is 27.2 Å². The van der Waals surface area contributed by atoms with Gasteiger partial charge in [0.05, 0.1) is 0 Å². The van der Waals surface area contributed by atoms with E-state index in [0.29, 0.717) is 0 Å². The van der Waals surface area contributed by atoms with Crippen molar-refractivity contribution in [1.82, 2.24) is 0 Å². The van der Waals surface area contributed by atoms with Crippen LogP contribution in [0.25, 0.3) is 0 Å². The summed E-state index contributed by atoms with van der Waals surface area (Å²) >= 11 is 6.25. The van der Waals surface area contributed by atoms with Crippen molar-refractivity contribution in [2.75, 3.05) is 0 Å². The van der Waals surface area contributed by atoms with E-state index in [2.05, 4.69) is 41.1 Å². The molecule has 0 fully saturated rings. The fraction of sp³-hybridized carbons (Fsp3) is 1.00. The van der Waals surface area contributed by atoms with E-state index >= 15 is 0 Å². The first-order chi connectivity index (χ1) is 3.33. The third kappa shape index (κ3) is 35.4. The van der Waals surface area contributed by atoms with E-state index in [9.17, 15) is 0 Å². The number of hydrogen-bond donors (Lipinski definition) is 0. The van der Waals surface area contributed by atoms with Crippen molar-refractivity contribution in [2.24, 2.45) is 0 Å². The van der Waals surface area contributed by atoms with Crippen LogP contribution in [0.4, 0.5) is 0 Å². The summed E-state index contributed by atoms with van der Waals surface area (Å²) in [4.78, 5) is 0. The fourth-order valence-corrected chi connectivity index (χ4v) is 0. The Bertz CT molecular complexity index is 17.2. The Morgan fingerprint density at radius 3 is 1.29 bits per heavy atom. The van der Waals surface area contributed by atoms with Crippen LogP contribution in [0.5, 0.6) is 0 Å². The Morgan fingerprint density at radius 1 is 1.14 bits per heavy atom. The zero-order valence-corrected chi connectivity index (χ0v) is 11.0. The second kappa shape index (κ2) is 15.6. The van der Waals surface area contributed by atoms with Gasteiger partial charge in [0.2, 0.25) is 0 Å². The molecule has 0 rings (SSSR count). The molecule has 0 N–H and O–H groups in total. The minimum atomic E-state index is -0.250. The van der Waals surface area contributed by atoms with E-state index in [1.165, 1.54) is 12.8 Å². The number of rotatable bonds is 1. The van der Waals surface area contributed by atoms with Gasteiger partial charge >= 0.3 is 40.5 Å². The van der Waals surface area contributed by atoms with E-state index in [4.69, 9.17) is 0 Å². The van der Waals surface area contributed by atoms with Gasteiger partial charge in [-0.15, -0.1) is 0 Å². The molecule has 0 atom stereocenters. The van der Waals surface area contributed by atoms with E-state index in [1.54, 1.807) is 0 Å². The SMILES string of the molecule is CCCC.[Br][Zn][Br]. The van der Waals surface area contributed by atoms with Crippen molar-refractivity contribution in [1.29, 1.82) is 0 Å². The first kappa shape index (κ1) is 11.4. The van der Waals surface area contributed by atoms with Crippen molar-refractivity contribution in [3.63, 3.8) is 0 Å². The van der Waals surface area contributed by atoms with Crippen LogP contribution in [0, 0.1) is 0 Å². The zero-order chi connectivity index (χ0) is 6.12. The van der Waals surface area contributed by atoms with E-state index in [1.807, 2.05) is 0 Å². The van der Waals surface area contributed by atoms with Gasteiger partial charge in [-0.05, 0) is 0 Å². The van der Waals surface area contributed by atoms with Crippen LogP contribution in [0.15, 0.2) is 0 Å². The van der Waals surface area contributed by atoms with Crippen LogP contribution >= 0.6 is 27.2 Å². The monoisotopic (exact) mass is 280 g/mol. The van der Waals surface area contributed by atoms with Crippen LogP contribution < -0.4 is 0 Å². The molecule has 0 unspecified atom stereocenters. The predicted molar refractivity (Wildman–Crippen MR) is 38.4 cm³/mol. The van der Waals surface area contributed by atoms with Crippen LogP contribution in [0.1, 0.15) is 26.7 Å². The fourth-order valence-electron chi connectivity index (χ4n) is 0. The molecule has 0 aromatic carbocycles. The number of hydrogen-bond acceptors (Lipinski definition) is 0.